The molecule has 0 saturated heterocycles. The predicted molar refractivity (Wildman–Crippen MR) is 105 cm³/mol. The van der Waals surface area contributed by atoms with E-state index < -0.39 is 10.0 Å². The normalized spacial score (nSPS) is 16.8. The Morgan fingerprint density at radius 3 is 2.57 bits per heavy atom. The number of benzene rings is 2. The van der Waals surface area contributed by atoms with Crippen LogP contribution in [0, 0.1) is 0 Å². The van der Waals surface area contributed by atoms with E-state index in [1.54, 1.807) is 0 Å². The molecule has 148 valence electrons. The fourth-order valence-corrected chi connectivity index (χ4v) is 4.01. The van der Waals surface area contributed by atoms with E-state index in [1.165, 1.54) is 24.3 Å². The Kier molecular flexibility index (Phi) is 5.29. The predicted octanol–water partition coefficient (Wildman–Crippen LogP) is 1.77. The average Bonchev–Trinajstić information content (AvgIpc) is 2.69. The molecule has 0 unspecified atom stereocenters. The highest BCUT2D eigenvalue weighted by atomic mass is 35.5. The Labute approximate surface area is 168 Å². The van der Waals surface area contributed by atoms with Gasteiger partial charge in [0.05, 0.1) is 18.2 Å². The highest BCUT2D eigenvalue weighted by molar-refractivity contribution is 7.90. The van der Waals surface area contributed by atoms with Crippen molar-refractivity contribution in [1.82, 2.24) is 14.9 Å². The molecule has 2 aromatic carbocycles. The first-order valence-corrected chi connectivity index (χ1v) is 10.5. The molecule has 0 spiro atoms. The SMILES string of the molecule is O=S(=O)(NC1=NCN(Cc2ccc3c(c2)OCCO3)CN1)c1ccc(Cl)cc1. The van der Waals surface area contributed by atoms with Crippen LogP contribution in [0.5, 0.6) is 11.5 Å². The molecule has 0 amide bonds. The molecule has 28 heavy (non-hydrogen) atoms. The van der Waals surface area contributed by atoms with Crippen molar-refractivity contribution in [2.45, 2.75) is 11.4 Å². The maximum atomic E-state index is 12.4. The largest absolute Gasteiger partial charge is 0.486 e. The van der Waals surface area contributed by atoms with Crippen LogP contribution < -0.4 is 19.5 Å². The fraction of sp³-hybridized carbons (Fsp3) is 0.278. The lowest BCUT2D eigenvalue weighted by atomic mass is 10.2. The minimum atomic E-state index is -3.71. The Hall–Kier alpha value is -2.49. The lowest BCUT2D eigenvalue weighted by Gasteiger charge is -2.27. The minimum Gasteiger partial charge on any atom is -0.486 e. The van der Waals surface area contributed by atoms with E-state index in [2.05, 4.69) is 15.0 Å². The van der Waals surface area contributed by atoms with E-state index >= 15 is 0 Å². The van der Waals surface area contributed by atoms with Gasteiger partial charge >= 0.3 is 0 Å². The topological polar surface area (TPSA) is 92.3 Å². The monoisotopic (exact) mass is 422 g/mol. The minimum absolute atomic E-state index is 0.125. The van der Waals surface area contributed by atoms with Crippen molar-refractivity contribution in [3.05, 3.63) is 53.1 Å². The van der Waals surface area contributed by atoms with Crippen LogP contribution in [0.3, 0.4) is 0 Å². The number of hydrogen-bond donors (Lipinski definition) is 2. The molecule has 0 aliphatic carbocycles. The number of halogens is 1. The zero-order valence-electron chi connectivity index (χ0n) is 14.9. The van der Waals surface area contributed by atoms with Crippen LogP contribution in [-0.2, 0) is 16.6 Å². The van der Waals surface area contributed by atoms with E-state index in [4.69, 9.17) is 21.1 Å². The third-order valence-electron chi connectivity index (χ3n) is 4.27. The van der Waals surface area contributed by atoms with Gasteiger partial charge in [0.15, 0.2) is 11.5 Å². The van der Waals surface area contributed by atoms with E-state index in [0.717, 1.165) is 17.1 Å². The summed E-state index contributed by atoms with van der Waals surface area (Å²) in [6, 6.07) is 11.8. The van der Waals surface area contributed by atoms with Crippen LogP contribution in [0.15, 0.2) is 52.4 Å². The summed E-state index contributed by atoms with van der Waals surface area (Å²) in [5, 5.41) is 3.47. The van der Waals surface area contributed by atoms with Gasteiger partial charge in [0.1, 0.15) is 13.2 Å². The molecule has 0 fully saturated rings. The van der Waals surface area contributed by atoms with Gasteiger partial charge in [-0.15, -0.1) is 0 Å². The second-order valence-corrected chi connectivity index (χ2v) is 8.47. The lowest BCUT2D eigenvalue weighted by Crippen LogP contribution is -2.49. The molecule has 4 rings (SSSR count). The van der Waals surface area contributed by atoms with Crippen molar-refractivity contribution in [3.8, 4) is 11.5 Å². The number of nitrogens with zero attached hydrogens (tertiary/aromatic N) is 2. The average molecular weight is 423 g/mol. The summed E-state index contributed by atoms with van der Waals surface area (Å²) >= 11 is 5.80. The van der Waals surface area contributed by atoms with Gasteiger partial charge in [-0.3, -0.25) is 4.90 Å². The van der Waals surface area contributed by atoms with Crippen molar-refractivity contribution in [3.63, 3.8) is 0 Å². The first kappa shape index (κ1) is 18.9. The third kappa shape index (κ3) is 4.32. The first-order chi connectivity index (χ1) is 13.5. The maximum absolute atomic E-state index is 12.4. The number of hydrogen-bond acceptors (Lipinski definition) is 7. The second kappa shape index (κ2) is 7.86. The summed E-state index contributed by atoms with van der Waals surface area (Å²) in [5.74, 6) is 1.71. The van der Waals surface area contributed by atoms with Crippen LogP contribution in [0.4, 0.5) is 0 Å². The number of rotatable bonds is 4. The molecule has 8 nitrogen and oxygen atoms in total. The van der Waals surface area contributed by atoms with Crippen LogP contribution in [0.2, 0.25) is 5.02 Å². The molecule has 0 aromatic heterocycles. The Morgan fingerprint density at radius 1 is 1.11 bits per heavy atom. The molecular formula is C18H19ClN4O4S. The summed E-state index contributed by atoms with van der Waals surface area (Å²) in [7, 11) is -3.71. The highest BCUT2D eigenvalue weighted by Crippen LogP contribution is 2.31. The molecule has 2 N–H and O–H groups in total. The van der Waals surface area contributed by atoms with E-state index in [0.29, 0.717) is 38.1 Å². The van der Waals surface area contributed by atoms with Gasteiger partial charge in [-0.1, -0.05) is 17.7 Å². The first-order valence-electron chi connectivity index (χ1n) is 8.67. The quantitative estimate of drug-likeness (QED) is 0.780. The van der Waals surface area contributed by atoms with E-state index in [-0.39, 0.29) is 10.9 Å². The molecule has 0 radical (unpaired) electrons. The Balaban J connectivity index is 1.37. The maximum Gasteiger partial charge on any atom is 0.264 e. The summed E-state index contributed by atoms with van der Waals surface area (Å²) < 4.78 is 38.4. The van der Waals surface area contributed by atoms with Crippen molar-refractivity contribution >= 4 is 27.6 Å². The van der Waals surface area contributed by atoms with Crippen LogP contribution in [-0.4, -0.2) is 45.8 Å². The number of fused-ring (bicyclic) bond motifs is 1. The Morgan fingerprint density at radius 2 is 1.86 bits per heavy atom. The number of guanidine groups is 1. The van der Waals surface area contributed by atoms with Crippen LogP contribution in [0.25, 0.3) is 0 Å². The summed E-state index contributed by atoms with van der Waals surface area (Å²) in [5.41, 5.74) is 1.06. The summed E-state index contributed by atoms with van der Waals surface area (Å²) in [4.78, 5) is 6.44. The number of ether oxygens (including phenoxy) is 2. The zero-order chi connectivity index (χ0) is 19.6. The van der Waals surface area contributed by atoms with Gasteiger partial charge in [0, 0.05) is 11.6 Å². The van der Waals surface area contributed by atoms with Gasteiger partial charge in [0.2, 0.25) is 5.96 Å². The standard InChI is InChI=1S/C18H19ClN4O4S/c19-14-2-4-15(5-3-14)28(24,25)22-18-20-11-23(12-21-18)10-13-1-6-16-17(9-13)27-8-7-26-16/h1-6,9H,7-8,10-12H2,(H2,20,21,22). The van der Waals surface area contributed by atoms with Gasteiger partial charge in [-0.05, 0) is 42.0 Å². The van der Waals surface area contributed by atoms with E-state index in [1.807, 2.05) is 23.1 Å². The van der Waals surface area contributed by atoms with Gasteiger partial charge in [-0.2, -0.15) is 0 Å². The second-order valence-electron chi connectivity index (χ2n) is 6.35. The molecule has 2 aliphatic rings. The molecule has 0 bridgehead atoms. The highest BCUT2D eigenvalue weighted by Gasteiger charge is 2.20. The summed E-state index contributed by atoms with van der Waals surface area (Å²) in [6.07, 6.45) is 0. The van der Waals surface area contributed by atoms with Crippen LogP contribution >= 0.6 is 11.6 Å². The lowest BCUT2D eigenvalue weighted by molar-refractivity contribution is 0.171. The zero-order valence-corrected chi connectivity index (χ0v) is 16.5. The van der Waals surface area contributed by atoms with Crippen molar-refractivity contribution in [1.29, 1.82) is 0 Å². The number of sulfonamides is 1. The molecular weight excluding hydrogens is 404 g/mol. The van der Waals surface area contributed by atoms with Crippen molar-refractivity contribution in [2.24, 2.45) is 4.99 Å². The molecule has 0 atom stereocenters. The third-order valence-corrected chi connectivity index (χ3v) is 5.87. The van der Waals surface area contributed by atoms with Crippen molar-refractivity contribution < 1.29 is 17.9 Å². The fourth-order valence-electron chi connectivity index (χ4n) is 2.88. The van der Waals surface area contributed by atoms with Gasteiger partial charge in [0.25, 0.3) is 10.0 Å². The number of aliphatic imine (C=N–C) groups is 1. The summed E-state index contributed by atoms with van der Waals surface area (Å²) in [6.45, 7) is 2.57. The molecule has 2 aromatic rings. The Bertz CT molecular complexity index is 995. The van der Waals surface area contributed by atoms with Crippen LogP contribution in [0.1, 0.15) is 5.56 Å². The van der Waals surface area contributed by atoms with Gasteiger partial charge in [-0.25, -0.2) is 18.1 Å². The molecule has 10 heteroatoms. The number of nitrogens with one attached hydrogen (secondary N) is 2. The van der Waals surface area contributed by atoms with Crippen molar-refractivity contribution in [2.75, 3.05) is 26.6 Å². The smallest absolute Gasteiger partial charge is 0.264 e. The van der Waals surface area contributed by atoms with Gasteiger partial charge < -0.3 is 14.8 Å². The molecule has 2 heterocycles. The molecule has 2 aliphatic heterocycles. The molecule has 0 saturated carbocycles. The van der Waals surface area contributed by atoms with E-state index in [9.17, 15) is 8.42 Å².